The smallest absolute Gasteiger partial charge is 0.244 e. The van der Waals surface area contributed by atoms with Crippen LogP contribution in [0.3, 0.4) is 0 Å². The van der Waals surface area contributed by atoms with Gasteiger partial charge in [-0.15, -0.1) is 0 Å². The number of ether oxygens (including phenoxy) is 1. The molecule has 4 nitrogen and oxygen atoms in total. The average Bonchev–Trinajstić information content (AvgIpc) is 2.34. The van der Waals surface area contributed by atoms with E-state index in [1.54, 1.807) is 0 Å². The van der Waals surface area contributed by atoms with Gasteiger partial charge in [-0.05, 0) is 33.3 Å². The molecular weight excluding hydrogens is 252 g/mol. The van der Waals surface area contributed by atoms with Gasteiger partial charge in [0.1, 0.15) is 6.04 Å². The van der Waals surface area contributed by atoms with Gasteiger partial charge in [0.2, 0.25) is 5.91 Å². The number of morpholine rings is 1. The van der Waals surface area contributed by atoms with E-state index in [2.05, 4.69) is 0 Å². The molecule has 1 aromatic carbocycles. The van der Waals surface area contributed by atoms with Gasteiger partial charge in [-0.3, -0.25) is 4.79 Å². The highest BCUT2D eigenvalue weighted by Crippen LogP contribution is 2.29. The fourth-order valence-electron chi connectivity index (χ4n) is 2.94. The van der Waals surface area contributed by atoms with Crippen molar-refractivity contribution in [3.8, 4) is 0 Å². The highest BCUT2D eigenvalue weighted by Gasteiger charge is 2.41. The summed E-state index contributed by atoms with van der Waals surface area (Å²) < 4.78 is 5.99. The van der Waals surface area contributed by atoms with Crippen LogP contribution in [0.1, 0.15) is 39.3 Å². The lowest BCUT2D eigenvalue weighted by Crippen LogP contribution is -2.59. The molecular formula is C16H24N2O2. The van der Waals surface area contributed by atoms with Crippen molar-refractivity contribution in [3.05, 3.63) is 35.9 Å². The van der Waals surface area contributed by atoms with Gasteiger partial charge in [0.05, 0.1) is 11.2 Å². The summed E-state index contributed by atoms with van der Waals surface area (Å²) in [6.45, 7) is 9.14. The van der Waals surface area contributed by atoms with Crippen LogP contribution in [0.2, 0.25) is 0 Å². The molecule has 1 fully saturated rings. The molecule has 0 saturated carbocycles. The predicted molar refractivity (Wildman–Crippen MR) is 79.2 cm³/mol. The van der Waals surface area contributed by atoms with E-state index in [0.717, 1.165) is 5.56 Å². The van der Waals surface area contributed by atoms with Crippen molar-refractivity contribution in [2.75, 3.05) is 13.1 Å². The van der Waals surface area contributed by atoms with Gasteiger partial charge in [-0.25, -0.2) is 0 Å². The van der Waals surface area contributed by atoms with Crippen molar-refractivity contribution >= 4 is 5.91 Å². The van der Waals surface area contributed by atoms with E-state index in [4.69, 9.17) is 10.5 Å². The maximum Gasteiger partial charge on any atom is 0.244 e. The number of carbonyl (C=O) groups excluding carboxylic acids is 1. The molecule has 0 bridgehead atoms. The minimum Gasteiger partial charge on any atom is -0.366 e. The number of benzene rings is 1. The molecule has 0 radical (unpaired) electrons. The Hall–Kier alpha value is -1.39. The number of nitrogens with zero attached hydrogens (tertiary/aromatic N) is 1. The topological polar surface area (TPSA) is 55.6 Å². The molecule has 0 aromatic heterocycles. The van der Waals surface area contributed by atoms with Gasteiger partial charge >= 0.3 is 0 Å². The zero-order chi connectivity index (χ0) is 15.0. The first kappa shape index (κ1) is 15.0. The first-order chi connectivity index (χ1) is 9.20. The molecule has 1 aliphatic rings. The normalized spacial score (nSPS) is 22.4. The lowest BCUT2D eigenvalue weighted by Gasteiger charge is -2.47. The summed E-state index contributed by atoms with van der Waals surface area (Å²) in [4.78, 5) is 14.4. The van der Waals surface area contributed by atoms with Crippen molar-refractivity contribution in [2.24, 2.45) is 5.73 Å². The van der Waals surface area contributed by atoms with Crippen LogP contribution in [0, 0.1) is 0 Å². The van der Waals surface area contributed by atoms with Crippen LogP contribution in [-0.2, 0) is 9.53 Å². The largest absolute Gasteiger partial charge is 0.366 e. The summed E-state index contributed by atoms with van der Waals surface area (Å²) in [6.07, 6.45) is 0. The first-order valence-electron chi connectivity index (χ1n) is 7.00. The summed E-state index contributed by atoms with van der Waals surface area (Å²) in [5.74, 6) is -0.0411. The number of hydrogen-bond acceptors (Lipinski definition) is 3. The van der Waals surface area contributed by atoms with Gasteiger partial charge in [0.15, 0.2) is 0 Å². The van der Waals surface area contributed by atoms with Crippen LogP contribution in [0.5, 0.6) is 0 Å². The lowest BCUT2D eigenvalue weighted by atomic mass is 9.97. The molecule has 1 amide bonds. The maximum atomic E-state index is 12.6. The third-order valence-corrected chi connectivity index (χ3v) is 3.43. The summed E-state index contributed by atoms with van der Waals surface area (Å²) in [7, 11) is 0. The number of nitrogens with two attached hydrogens (primary N) is 1. The molecule has 0 spiro atoms. The summed E-state index contributed by atoms with van der Waals surface area (Å²) in [5, 5.41) is 0. The third-order valence-electron chi connectivity index (χ3n) is 3.43. The van der Waals surface area contributed by atoms with E-state index in [1.807, 2.05) is 62.9 Å². The molecule has 1 saturated heterocycles. The van der Waals surface area contributed by atoms with Crippen LogP contribution >= 0.6 is 0 Å². The zero-order valence-electron chi connectivity index (χ0n) is 12.7. The number of amides is 1. The fourth-order valence-corrected chi connectivity index (χ4v) is 2.94. The Kier molecular flexibility index (Phi) is 3.89. The monoisotopic (exact) mass is 276 g/mol. The quantitative estimate of drug-likeness (QED) is 0.900. The molecule has 0 aliphatic carbocycles. The van der Waals surface area contributed by atoms with Crippen LogP contribution < -0.4 is 5.73 Å². The van der Waals surface area contributed by atoms with Crippen molar-refractivity contribution in [2.45, 2.75) is 44.9 Å². The zero-order valence-corrected chi connectivity index (χ0v) is 12.7. The standard InChI is InChI=1S/C16H24N2O2/c1-15(2)10-18(11-16(3,4)20-15)14(19)13(17)12-8-6-5-7-9-12/h5-9,13H,10-11,17H2,1-4H3/t13-/m0/s1. The molecule has 1 atom stereocenters. The van der Waals surface area contributed by atoms with Crippen molar-refractivity contribution < 1.29 is 9.53 Å². The maximum absolute atomic E-state index is 12.6. The van der Waals surface area contributed by atoms with E-state index >= 15 is 0 Å². The molecule has 110 valence electrons. The van der Waals surface area contributed by atoms with Crippen LogP contribution in [0.25, 0.3) is 0 Å². The second kappa shape index (κ2) is 5.19. The number of hydrogen-bond donors (Lipinski definition) is 1. The highest BCUT2D eigenvalue weighted by molar-refractivity contribution is 5.83. The highest BCUT2D eigenvalue weighted by atomic mass is 16.5. The van der Waals surface area contributed by atoms with E-state index in [0.29, 0.717) is 13.1 Å². The molecule has 1 aromatic rings. The summed E-state index contributed by atoms with van der Waals surface area (Å²) in [5.41, 5.74) is 6.25. The van der Waals surface area contributed by atoms with Gasteiger partial charge < -0.3 is 15.4 Å². The Morgan fingerprint density at radius 1 is 1.15 bits per heavy atom. The van der Waals surface area contributed by atoms with Gasteiger partial charge in [0.25, 0.3) is 0 Å². The Morgan fingerprint density at radius 2 is 1.65 bits per heavy atom. The van der Waals surface area contributed by atoms with Crippen LogP contribution in [0.15, 0.2) is 30.3 Å². The second-order valence-electron chi connectivity index (χ2n) is 6.70. The summed E-state index contributed by atoms with van der Waals surface area (Å²) in [6, 6.07) is 8.88. The fraction of sp³-hybridized carbons (Fsp3) is 0.562. The van der Waals surface area contributed by atoms with Crippen molar-refractivity contribution in [1.29, 1.82) is 0 Å². The predicted octanol–water partition coefficient (Wildman–Crippen LogP) is 2.10. The Labute approximate surface area is 120 Å². The minimum absolute atomic E-state index is 0.0411. The molecule has 2 N–H and O–H groups in total. The van der Waals surface area contributed by atoms with Gasteiger partial charge in [-0.2, -0.15) is 0 Å². The second-order valence-corrected chi connectivity index (χ2v) is 6.70. The van der Waals surface area contributed by atoms with E-state index < -0.39 is 6.04 Å². The number of rotatable bonds is 2. The van der Waals surface area contributed by atoms with Crippen LogP contribution in [-0.4, -0.2) is 35.1 Å². The van der Waals surface area contributed by atoms with Crippen LogP contribution in [0.4, 0.5) is 0 Å². The lowest BCUT2D eigenvalue weighted by molar-refractivity contribution is -0.188. The molecule has 1 heterocycles. The first-order valence-corrected chi connectivity index (χ1v) is 7.00. The number of carbonyl (C=O) groups is 1. The minimum atomic E-state index is -0.610. The van der Waals surface area contributed by atoms with E-state index in [1.165, 1.54) is 0 Å². The molecule has 4 heteroatoms. The summed E-state index contributed by atoms with van der Waals surface area (Å²) >= 11 is 0. The van der Waals surface area contributed by atoms with E-state index in [9.17, 15) is 4.79 Å². The van der Waals surface area contributed by atoms with Gasteiger partial charge in [0, 0.05) is 13.1 Å². The Morgan fingerprint density at radius 3 is 2.15 bits per heavy atom. The molecule has 2 rings (SSSR count). The van der Waals surface area contributed by atoms with Gasteiger partial charge in [-0.1, -0.05) is 30.3 Å². The van der Waals surface area contributed by atoms with E-state index in [-0.39, 0.29) is 17.1 Å². The Bertz CT molecular complexity index is 467. The van der Waals surface area contributed by atoms with Crippen molar-refractivity contribution in [3.63, 3.8) is 0 Å². The average molecular weight is 276 g/mol. The van der Waals surface area contributed by atoms with Crippen molar-refractivity contribution in [1.82, 2.24) is 4.90 Å². The molecule has 0 unspecified atom stereocenters. The molecule has 1 aliphatic heterocycles. The third kappa shape index (κ3) is 3.38. The molecule has 20 heavy (non-hydrogen) atoms. The Balaban J connectivity index is 2.16. The SMILES string of the molecule is CC1(C)CN(C(=O)[C@@H](N)c2ccccc2)CC(C)(C)O1.